The number of likely N-dealkylation sites (tertiary alicyclic amines) is 1. The van der Waals surface area contributed by atoms with E-state index in [2.05, 4.69) is 34.1 Å². The van der Waals surface area contributed by atoms with Crippen LogP contribution in [0, 0.1) is 0 Å². The molecule has 1 amide bonds. The highest BCUT2D eigenvalue weighted by Crippen LogP contribution is 2.18. The number of hydrogen-bond donors (Lipinski definition) is 0. The predicted octanol–water partition coefficient (Wildman–Crippen LogP) is 3.00. The second-order valence-electron chi connectivity index (χ2n) is 7.37. The summed E-state index contributed by atoms with van der Waals surface area (Å²) in [6.07, 6.45) is 6.24. The van der Waals surface area contributed by atoms with Crippen LogP contribution in [0.3, 0.4) is 0 Å². The van der Waals surface area contributed by atoms with Gasteiger partial charge in [-0.05, 0) is 30.5 Å². The molecule has 1 aromatic carbocycles. The third kappa shape index (κ3) is 4.19. The maximum absolute atomic E-state index is 12.7. The molecule has 5 heteroatoms. The Kier molecular flexibility index (Phi) is 5.21. The normalized spacial score (nSPS) is 17.4. The van der Waals surface area contributed by atoms with Crippen LogP contribution in [0.15, 0.2) is 60.9 Å². The first kappa shape index (κ1) is 17.7. The molecule has 0 aliphatic carbocycles. The van der Waals surface area contributed by atoms with Crippen LogP contribution < -0.4 is 0 Å². The molecule has 1 aliphatic heterocycles. The molecular weight excluding hydrogens is 336 g/mol. The van der Waals surface area contributed by atoms with E-state index < -0.39 is 0 Å². The number of amides is 1. The highest BCUT2D eigenvalue weighted by molar-refractivity contribution is 5.76. The lowest BCUT2D eigenvalue weighted by Crippen LogP contribution is -2.39. The number of aromatic nitrogens is 2. The van der Waals surface area contributed by atoms with Crippen molar-refractivity contribution in [2.75, 3.05) is 20.1 Å². The van der Waals surface area contributed by atoms with Gasteiger partial charge in [0.25, 0.3) is 0 Å². The zero-order valence-electron chi connectivity index (χ0n) is 15.8. The fourth-order valence-electron chi connectivity index (χ4n) is 3.84. The van der Waals surface area contributed by atoms with E-state index in [1.807, 2.05) is 53.0 Å². The van der Waals surface area contributed by atoms with Crippen LogP contribution in [0.2, 0.25) is 0 Å². The average Bonchev–Trinajstić information content (AvgIpc) is 3.32. The highest BCUT2D eigenvalue weighted by Gasteiger charge is 2.28. The molecule has 0 unspecified atom stereocenters. The largest absolute Gasteiger partial charge is 0.341 e. The van der Waals surface area contributed by atoms with Crippen molar-refractivity contribution in [1.29, 1.82) is 0 Å². The van der Waals surface area contributed by atoms with Gasteiger partial charge in [-0.25, -0.2) is 4.98 Å². The lowest BCUT2D eigenvalue weighted by atomic mass is 10.2. The number of imidazole rings is 1. The van der Waals surface area contributed by atoms with Gasteiger partial charge in [-0.15, -0.1) is 0 Å². The van der Waals surface area contributed by atoms with Crippen molar-refractivity contribution in [3.63, 3.8) is 0 Å². The fourth-order valence-corrected chi connectivity index (χ4v) is 3.84. The minimum Gasteiger partial charge on any atom is -0.341 e. The first-order valence-corrected chi connectivity index (χ1v) is 9.63. The molecule has 0 bridgehead atoms. The van der Waals surface area contributed by atoms with Crippen molar-refractivity contribution in [2.45, 2.75) is 31.8 Å². The molecule has 0 radical (unpaired) electrons. The van der Waals surface area contributed by atoms with Gasteiger partial charge in [0.2, 0.25) is 5.91 Å². The van der Waals surface area contributed by atoms with Crippen LogP contribution in [0.1, 0.15) is 24.1 Å². The summed E-state index contributed by atoms with van der Waals surface area (Å²) < 4.78 is 2.00. The molecular formula is C22H26N4O. The first-order valence-electron chi connectivity index (χ1n) is 9.63. The highest BCUT2D eigenvalue weighted by atomic mass is 16.2. The summed E-state index contributed by atoms with van der Waals surface area (Å²) in [5.41, 5.74) is 3.24. The number of nitrogens with zero attached hydrogens (tertiary/aromatic N) is 4. The molecule has 0 N–H and O–H groups in total. The zero-order valence-corrected chi connectivity index (χ0v) is 15.8. The summed E-state index contributed by atoms with van der Waals surface area (Å²) in [6.45, 7) is 2.95. The molecule has 4 rings (SSSR count). The lowest BCUT2D eigenvalue weighted by molar-refractivity contribution is -0.131. The van der Waals surface area contributed by atoms with Crippen LogP contribution in [0.4, 0.5) is 0 Å². The number of benzene rings is 1. The summed E-state index contributed by atoms with van der Waals surface area (Å²) >= 11 is 0. The minimum absolute atomic E-state index is 0.207. The van der Waals surface area contributed by atoms with Crippen LogP contribution >= 0.6 is 0 Å². The third-order valence-electron chi connectivity index (χ3n) is 5.45. The third-order valence-corrected chi connectivity index (χ3v) is 5.45. The van der Waals surface area contributed by atoms with Gasteiger partial charge < -0.3 is 9.30 Å². The fraction of sp³-hybridized carbons (Fsp3) is 0.364. The number of carbonyl (C=O) groups excluding carboxylic acids is 1. The molecule has 5 nitrogen and oxygen atoms in total. The van der Waals surface area contributed by atoms with Gasteiger partial charge in [0, 0.05) is 51.5 Å². The molecule has 27 heavy (non-hydrogen) atoms. The van der Waals surface area contributed by atoms with Crippen molar-refractivity contribution >= 4 is 11.6 Å². The summed E-state index contributed by atoms with van der Waals surface area (Å²) in [7, 11) is 1.95. The smallest absolute Gasteiger partial charge is 0.222 e. The summed E-state index contributed by atoms with van der Waals surface area (Å²) in [5.74, 6) is 0.207. The Balaban J connectivity index is 1.28. The molecule has 1 saturated heterocycles. The molecule has 1 atom stereocenters. The van der Waals surface area contributed by atoms with Crippen molar-refractivity contribution in [1.82, 2.24) is 19.2 Å². The molecule has 0 spiro atoms. The van der Waals surface area contributed by atoms with Crippen LogP contribution in [-0.4, -0.2) is 51.3 Å². The SMILES string of the molecule is CN(C(=O)CCc1cn2ccccc2n1)[C@H]1CCN(Cc2ccccc2)C1. The number of aryl methyl sites for hydroxylation is 1. The van der Waals surface area contributed by atoms with E-state index in [0.29, 0.717) is 18.9 Å². The van der Waals surface area contributed by atoms with E-state index >= 15 is 0 Å². The van der Waals surface area contributed by atoms with Gasteiger partial charge in [0.15, 0.2) is 0 Å². The predicted molar refractivity (Wildman–Crippen MR) is 106 cm³/mol. The minimum atomic E-state index is 0.207. The van der Waals surface area contributed by atoms with Gasteiger partial charge >= 0.3 is 0 Å². The molecule has 3 heterocycles. The molecule has 1 aliphatic rings. The maximum Gasteiger partial charge on any atom is 0.222 e. The van der Waals surface area contributed by atoms with Gasteiger partial charge in [0.1, 0.15) is 5.65 Å². The molecule has 140 valence electrons. The maximum atomic E-state index is 12.7. The Morgan fingerprint density at radius 3 is 2.81 bits per heavy atom. The number of rotatable bonds is 6. The monoisotopic (exact) mass is 362 g/mol. The molecule has 1 fully saturated rings. The van der Waals surface area contributed by atoms with Gasteiger partial charge in [-0.3, -0.25) is 9.69 Å². The van der Waals surface area contributed by atoms with E-state index in [9.17, 15) is 4.79 Å². The molecule has 3 aromatic rings. The number of pyridine rings is 1. The van der Waals surface area contributed by atoms with Crippen LogP contribution in [0.5, 0.6) is 0 Å². The molecule has 2 aromatic heterocycles. The van der Waals surface area contributed by atoms with Crippen molar-refractivity contribution in [2.24, 2.45) is 0 Å². The summed E-state index contributed by atoms with van der Waals surface area (Å²) in [4.78, 5) is 21.6. The molecule has 0 saturated carbocycles. The standard InChI is InChI=1S/C22H26N4O/c1-24(20-12-14-25(17-20)15-18-7-3-2-4-8-18)22(27)11-10-19-16-26-13-6-5-9-21(26)23-19/h2-9,13,16,20H,10-12,14-15,17H2,1H3/t20-/m0/s1. The van der Waals surface area contributed by atoms with E-state index in [-0.39, 0.29) is 5.91 Å². The second-order valence-corrected chi connectivity index (χ2v) is 7.37. The van der Waals surface area contributed by atoms with E-state index in [1.165, 1.54) is 5.56 Å². The van der Waals surface area contributed by atoms with Crippen molar-refractivity contribution in [3.05, 3.63) is 72.2 Å². The van der Waals surface area contributed by atoms with E-state index in [0.717, 1.165) is 37.4 Å². The van der Waals surface area contributed by atoms with Crippen molar-refractivity contribution < 1.29 is 4.79 Å². The first-order chi connectivity index (χ1) is 13.2. The Morgan fingerprint density at radius 2 is 2.00 bits per heavy atom. The summed E-state index contributed by atoms with van der Waals surface area (Å²) in [5, 5.41) is 0. The quantitative estimate of drug-likeness (QED) is 0.677. The second kappa shape index (κ2) is 7.92. The van der Waals surface area contributed by atoms with Gasteiger partial charge in [-0.2, -0.15) is 0 Å². The number of carbonyl (C=O) groups is 1. The van der Waals surface area contributed by atoms with Crippen LogP contribution in [0.25, 0.3) is 5.65 Å². The summed E-state index contributed by atoms with van der Waals surface area (Å²) in [6, 6.07) is 16.8. The van der Waals surface area contributed by atoms with E-state index in [1.54, 1.807) is 0 Å². The Morgan fingerprint density at radius 1 is 1.19 bits per heavy atom. The lowest BCUT2D eigenvalue weighted by Gasteiger charge is -2.25. The van der Waals surface area contributed by atoms with E-state index in [4.69, 9.17) is 0 Å². The van der Waals surface area contributed by atoms with Gasteiger partial charge in [0.05, 0.1) is 5.69 Å². The van der Waals surface area contributed by atoms with Crippen molar-refractivity contribution in [3.8, 4) is 0 Å². The number of hydrogen-bond acceptors (Lipinski definition) is 3. The topological polar surface area (TPSA) is 40.9 Å². The Hall–Kier alpha value is -2.66. The zero-order chi connectivity index (χ0) is 18.6. The van der Waals surface area contributed by atoms with Crippen LogP contribution in [-0.2, 0) is 17.8 Å². The average molecular weight is 362 g/mol. The number of likely N-dealkylation sites (N-methyl/N-ethyl adjacent to an activating group) is 1. The Bertz CT molecular complexity index is 872. The van der Waals surface area contributed by atoms with Gasteiger partial charge in [-0.1, -0.05) is 36.4 Å². The Labute approximate surface area is 160 Å². The number of fused-ring (bicyclic) bond motifs is 1.